The summed E-state index contributed by atoms with van der Waals surface area (Å²) in [5, 5.41) is 4.81. The molecule has 3 heteroatoms. The Hall–Kier alpha value is -8.14. The van der Waals surface area contributed by atoms with Crippen LogP contribution >= 0.6 is 0 Å². The lowest BCUT2D eigenvalue weighted by molar-refractivity contribution is 0.672. The average molecular weight is 903 g/mol. The first-order chi connectivity index (χ1) is 34.6. The maximum Gasteiger partial charge on any atom is 0.143 e. The van der Waals surface area contributed by atoms with Gasteiger partial charge in [0.15, 0.2) is 0 Å². The summed E-state index contributed by atoms with van der Waals surface area (Å²) in [7, 11) is 0. The first-order valence-corrected chi connectivity index (χ1v) is 25.2. The standard InChI is InChI=1S/C67H54N2O/c1-45-15-13-25-61-65(45)62-44-57(69(53-22-9-4-10-23-53)63-26-14-21-51-20-11-12-24-58(51)63)40-42-59(62)67-66(61)60-41-33-52(43-64(60)70-67)50-31-38-56(39-32-50)68(54-34-27-48(28-35-54)46-16-5-2-6-17-46)55-36-29-49(30-37-55)47-18-7-3-8-19-47/h2,4-7,9-14,16-25,27-34,36-45,54,63H,3,8,15,26,35H2,1H3/t45?,54?,63-/m1/s1. The number of anilines is 4. The number of hydrogen-bond donors (Lipinski definition) is 0. The number of rotatable bonds is 9. The third-order valence-electron chi connectivity index (χ3n) is 15.2. The minimum absolute atomic E-state index is 0.168. The van der Waals surface area contributed by atoms with Crippen molar-refractivity contribution in [3.63, 3.8) is 0 Å². The second-order valence-corrected chi connectivity index (χ2v) is 19.4. The summed E-state index contributed by atoms with van der Waals surface area (Å²) in [5.74, 6) is 0.364. The number of hydrogen-bond acceptors (Lipinski definition) is 3. The van der Waals surface area contributed by atoms with Crippen LogP contribution in [0.2, 0.25) is 0 Å². The highest BCUT2D eigenvalue weighted by atomic mass is 16.3. The van der Waals surface area contributed by atoms with Crippen molar-refractivity contribution < 1.29 is 4.42 Å². The fraction of sp³-hybridized carbons (Fsp3) is 0.134. The quantitative estimate of drug-likeness (QED) is 0.144. The van der Waals surface area contributed by atoms with E-state index in [0.717, 1.165) is 65.5 Å². The van der Waals surface area contributed by atoms with Crippen LogP contribution in [0.15, 0.2) is 223 Å². The summed E-state index contributed by atoms with van der Waals surface area (Å²) in [6, 6.07) is 63.0. The molecule has 0 saturated carbocycles. The van der Waals surface area contributed by atoms with Gasteiger partial charge in [-0.05, 0) is 166 Å². The van der Waals surface area contributed by atoms with Crippen LogP contribution in [0, 0.1) is 0 Å². The number of fused-ring (bicyclic) bond motifs is 9. The van der Waals surface area contributed by atoms with Gasteiger partial charge < -0.3 is 14.2 Å². The van der Waals surface area contributed by atoms with E-state index in [-0.39, 0.29) is 12.1 Å². The van der Waals surface area contributed by atoms with E-state index >= 15 is 0 Å². The predicted molar refractivity (Wildman–Crippen MR) is 297 cm³/mol. The minimum Gasteiger partial charge on any atom is -0.455 e. The van der Waals surface area contributed by atoms with Crippen LogP contribution in [0.4, 0.5) is 22.7 Å². The molecular weight excluding hydrogens is 849 g/mol. The molecule has 1 aromatic heterocycles. The van der Waals surface area contributed by atoms with Crippen LogP contribution in [0.1, 0.15) is 84.4 Å². The number of allylic oxidation sites excluding steroid dienone is 7. The van der Waals surface area contributed by atoms with E-state index in [1.807, 2.05) is 0 Å². The second-order valence-electron chi connectivity index (χ2n) is 19.4. The highest BCUT2D eigenvalue weighted by Crippen LogP contribution is 2.49. The van der Waals surface area contributed by atoms with E-state index in [9.17, 15) is 0 Å². The Balaban J connectivity index is 0.873. The van der Waals surface area contributed by atoms with Crippen molar-refractivity contribution in [1.29, 1.82) is 0 Å². The second kappa shape index (κ2) is 17.7. The van der Waals surface area contributed by atoms with Crippen LogP contribution in [-0.4, -0.2) is 6.04 Å². The largest absolute Gasteiger partial charge is 0.455 e. The summed E-state index contributed by atoms with van der Waals surface area (Å²) >= 11 is 0. The van der Waals surface area contributed by atoms with Gasteiger partial charge in [0.2, 0.25) is 0 Å². The van der Waals surface area contributed by atoms with Crippen LogP contribution in [0.5, 0.6) is 0 Å². The van der Waals surface area contributed by atoms with Crippen LogP contribution in [0.25, 0.3) is 67.1 Å². The Labute approximate surface area is 411 Å². The van der Waals surface area contributed by atoms with E-state index < -0.39 is 0 Å². The molecule has 13 rings (SSSR count). The van der Waals surface area contributed by atoms with Crippen LogP contribution in [-0.2, 0) is 0 Å². The molecular formula is C67H54N2O. The normalized spacial score (nSPS) is 18.2. The van der Waals surface area contributed by atoms with E-state index in [0.29, 0.717) is 5.92 Å². The zero-order valence-corrected chi connectivity index (χ0v) is 39.5. The van der Waals surface area contributed by atoms with Crippen molar-refractivity contribution in [1.82, 2.24) is 0 Å². The first kappa shape index (κ1) is 42.0. The van der Waals surface area contributed by atoms with Gasteiger partial charge in [-0.1, -0.05) is 171 Å². The van der Waals surface area contributed by atoms with E-state index in [1.165, 1.54) is 77.7 Å². The van der Waals surface area contributed by atoms with Gasteiger partial charge in [-0.2, -0.15) is 0 Å². The molecule has 4 aliphatic rings. The maximum absolute atomic E-state index is 7.08. The van der Waals surface area contributed by atoms with Gasteiger partial charge in [-0.25, -0.2) is 0 Å². The Kier molecular flexibility index (Phi) is 10.6. The topological polar surface area (TPSA) is 19.6 Å². The molecule has 0 spiro atoms. The van der Waals surface area contributed by atoms with Crippen LogP contribution in [0.3, 0.4) is 0 Å². The Morgan fingerprint density at radius 1 is 0.471 bits per heavy atom. The van der Waals surface area contributed by atoms with Crippen LogP contribution < -0.4 is 9.80 Å². The van der Waals surface area contributed by atoms with Gasteiger partial charge in [-0.3, -0.25) is 0 Å². The Bertz CT molecular complexity index is 3640. The molecule has 3 atom stereocenters. The van der Waals surface area contributed by atoms with Gasteiger partial charge in [0.05, 0.1) is 12.1 Å². The summed E-state index contributed by atoms with van der Waals surface area (Å²) in [5.41, 5.74) is 19.3. The van der Waals surface area contributed by atoms with Crippen molar-refractivity contribution in [2.45, 2.75) is 57.0 Å². The molecule has 3 nitrogen and oxygen atoms in total. The molecule has 0 fully saturated rings. The number of nitrogens with zero attached hydrogens (tertiary/aromatic N) is 2. The van der Waals surface area contributed by atoms with E-state index in [4.69, 9.17) is 4.42 Å². The van der Waals surface area contributed by atoms with Crippen molar-refractivity contribution in [3.8, 4) is 11.1 Å². The fourth-order valence-corrected chi connectivity index (χ4v) is 11.7. The highest BCUT2D eigenvalue weighted by molar-refractivity contribution is 6.20. The third kappa shape index (κ3) is 7.45. The van der Waals surface area contributed by atoms with Crippen molar-refractivity contribution in [2.24, 2.45) is 0 Å². The molecule has 0 saturated heterocycles. The lowest BCUT2D eigenvalue weighted by Gasteiger charge is -2.36. The summed E-state index contributed by atoms with van der Waals surface area (Å²) in [4.78, 5) is 5.04. The maximum atomic E-state index is 7.08. The molecule has 0 aliphatic heterocycles. The lowest BCUT2D eigenvalue weighted by atomic mass is 9.82. The first-order valence-electron chi connectivity index (χ1n) is 25.2. The number of benzene rings is 8. The average Bonchev–Trinajstić information content (AvgIpc) is 3.82. The summed E-state index contributed by atoms with van der Waals surface area (Å²) in [6.07, 6.45) is 28.3. The molecule has 0 radical (unpaired) electrons. The molecule has 0 bridgehead atoms. The molecule has 8 aromatic carbocycles. The SMILES string of the molecule is CC1CC=Cc2c1c1cc(N(c3ccccc3)[C@@H]3CC=Cc4ccccc43)ccc1c1oc3cc(-c4ccc(N(c5ccc(C6=CCCC=C6)cc5)C5C=CC(c6ccccc6)=CC5)cc4)ccc3c21. The number of para-hydroxylation sites is 1. The van der Waals surface area contributed by atoms with Gasteiger partial charge in [0, 0.05) is 38.9 Å². The third-order valence-corrected chi connectivity index (χ3v) is 15.2. The Morgan fingerprint density at radius 2 is 1.14 bits per heavy atom. The predicted octanol–water partition coefficient (Wildman–Crippen LogP) is 18.5. The van der Waals surface area contributed by atoms with Gasteiger partial charge in [0.1, 0.15) is 11.2 Å². The smallest absolute Gasteiger partial charge is 0.143 e. The van der Waals surface area contributed by atoms with E-state index in [2.05, 4.69) is 247 Å². The molecule has 2 unspecified atom stereocenters. The minimum atomic E-state index is 0.168. The summed E-state index contributed by atoms with van der Waals surface area (Å²) < 4.78 is 7.08. The molecule has 9 aromatic rings. The van der Waals surface area contributed by atoms with Gasteiger partial charge in [0.25, 0.3) is 0 Å². The van der Waals surface area contributed by atoms with Gasteiger partial charge >= 0.3 is 0 Å². The molecule has 0 N–H and O–H groups in total. The molecule has 1 heterocycles. The van der Waals surface area contributed by atoms with Crippen molar-refractivity contribution >= 4 is 78.8 Å². The zero-order valence-electron chi connectivity index (χ0n) is 39.5. The summed E-state index contributed by atoms with van der Waals surface area (Å²) in [6.45, 7) is 2.38. The molecule has 4 aliphatic carbocycles. The molecule has 70 heavy (non-hydrogen) atoms. The van der Waals surface area contributed by atoms with Gasteiger partial charge in [-0.15, -0.1) is 0 Å². The zero-order chi connectivity index (χ0) is 46.5. The lowest BCUT2D eigenvalue weighted by Crippen LogP contribution is -2.30. The van der Waals surface area contributed by atoms with Crippen molar-refractivity contribution in [2.75, 3.05) is 9.80 Å². The highest BCUT2D eigenvalue weighted by Gasteiger charge is 2.29. The monoisotopic (exact) mass is 902 g/mol. The molecule has 0 amide bonds. The fourth-order valence-electron chi connectivity index (χ4n) is 11.7. The molecule has 338 valence electrons. The number of furan rings is 1. The van der Waals surface area contributed by atoms with E-state index in [1.54, 1.807) is 0 Å². The Morgan fingerprint density at radius 3 is 1.91 bits per heavy atom. The van der Waals surface area contributed by atoms with Crippen molar-refractivity contribution in [3.05, 3.63) is 252 Å².